The number of nitrogens with zero attached hydrogens (tertiary/aromatic N) is 2. The Labute approximate surface area is 103 Å². The average Bonchev–Trinajstić information content (AvgIpc) is 2.31. The Bertz CT molecular complexity index is 534. The molecule has 4 heteroatoms. The van der Waals surface area contributed by atoms with Gasteiger partial charge >= 0.3 is 0 Å². The number of aromatic nitrogens is 1. The Morgan fingerprint density at radius 1 is 1.25 bits per heavy atom. The topological polar surface area (TPSA) is 36.7 Å². The van der Waals surface area contributed by atoms with Gasteiger partial charge in [0.15, 0.2) is 0 Å². The average molecular weight is 247 g/mol. The van der Waals surface area contributed by atoms with Gasteiger partial charge in [0.1, 0.15) is 11.1 Å². The van der Waals surface area contributed by atoms with Crippen LogP contribution in [-0.2, 0) is 0 Å². The minimum atomic E-state index is 0.475. The van der Waals surface area contributed by atoms with E-state index >= 15 is 0 Å². The molecule has 0 radical (unpaired) electrons. The van der Waals surface area contributed by atoms with Crippen LogP contribution in [0.4, 0.5) is 0 Å². The van der Waals surface area contributed by atoms with E-state index in [1.165, 1.54) is 11.8 Å². The normalized spacial score (nSPS) is 9.75. The van der Waals surface area contributed by atoms with Crippen LogP contribution < -0.4 is 0 Å². The van der Waals surface area contributed by atoms with E-state index in [2.05, 4.69) is 4.98 Å². The maximum Gasteiger partial charge on any atom is 0.101 e. The second-order valence-corrected chi connectivity index (χ2v) is 4.52. The minimum Gasteiger partial charge on any atom is -0.250 e. The minimum absolute atomic E-state index is 0.475. The zero-order valence-corrected chi connectivity index (χ0v) is 9.79. The second-order valence-electron chi connectivity index (χ2n) is 3.02. The summed E-state index contributed by atoms with van der Waals surface area (Å²) < 4.78 is 0. The fourth-order valence-electron chi connectivity index (χ4n) is 1.18. The van der Waals surface area contributed by atoms with E-state index in [1.54, 1.807) is 18.3 Å². The SMILES string of the molecule is N#Cc1ccc(Sc2ccccn2)cc1Cl. The van der Waals surface area contributed by atoms with Crippen molar-refractivity contribution >= 4 is 23.4 Å². The highest BCUT2D eigenvalue weighted by atomic mass is 35.5. The van der Waals surface area contributed by atoms with E-state index in [4.69, 9.17) is 16.9 Å². The number of hydrogen-bond acceptors (Lipinski definition) is 3. The Morgan fingerprint density at radius 2 is 2.12 bits per heavy atom. The first-order valence-electron chi connectivity index (χ1n) is 4.58. The molecular formula is C12H7ClN2S. The summed E-state index contributed by atoms with van der Waals surface area (Å²) in [4.78, 5) is 5.18. The van der Waals surface area contributed by atoms with Gasteiger partial charge in [-0.2, -0.15) is 5.26 Å². The van der Waals surface area contributed by atoms with E-state index < -0.39 is 0 Å². The quantitative estimate of drug-likeness (QED) is 0.810. The molecule has 2 nitrogen and oxygen atoms in total. The van der Waals surface area contributed by atoms with E-state index in [9.17, 15) is 0 Å². The highest BCUT2D eigenvalue weighted by Crippen LogP contribution is 2.29. The molecule has 0 saturated carbocycles. The second kappa shape index (κ2) is 5.02. The van der Waals surface area contributed by atoms with Crippen molar-refractivity contribution in [3.05, 3.63) is 53.2 Å². The van der Waals surface area contributed by atoms with Crippen LogP contribution >= 0.6 is 23.4 Å². The monoisotopic (exact) mass is 246 g/mol. The molecule has 1 aromatic heterocycles. The smallest absolute Gasteiger partial charge is 0.101 e. The Balaban J connectivity index is 2.24. The Kier molecular flexibility index (Phi) is 3.45. The van der Waals surface area contributed by atoms with Crippen LogP contribution in [0.15, 0.2) is 52.5 Å². The lowest BCUT2D eigenvalue weighted by Gasteiger charge is -2.01. The molecule has 1 aromatic carbocycles. The van der Waals surface area contributed by atoms with Crippen LogP contribution in [0.25, 0.3) is 0 Å². The zero-order valence-electron chi connectivity index (χ0n) is 8.22. The molecule has 0 aliphatic heterocycles. The van der Waals surface area contributed by atoms with E-state index in [-0.39, 0.29) is 0 Å². The van der Waals surface area contributed by atoms with Crippen molar-refractivity contribution in [2.75, 3.05) is 0 Å². The lowest BCUT2D eigenvalue weighted by Crippen LogP contribution is -1.80. The number of benzene rings is 1. The van der Waals surface area contributed by atoms with Gasteiger partial charge in [-0.1, -0.05) is 29.4 Å². The third-order valence-electron chi connectivity index (χ3n) is 1.92. The van der Waals surface area contributed by atoms with Gasteiger partial charge in [0.05, 0.1) is 10.6 Å². The van der Waals surface area contributed by atoms with E-state index in [1.807, 2.05) is 30.3 Å². The molecule has 78 valence electrons. The van der Waals surface area contributed by atoms with Gasteiger partial charge in [0.25, 0.3) is 0 Å². The Hall–Kier alpha value is -1.50. The van der Waals surface area contributed by atoms with Crippen molar-refractivity contribution in [3.63, 3.8) is 0 Å². The van der Waals surface area contributed by atoms with Gasteiger partial charge in [-0.15, -0.1) is 0 Å². The number of rotatable bonds is 2. The highest BCUT2D eigenvalue weighted by Gasteiger charge is 2.02. The predicted octanol–water partition coefficient (Wildman–Crippen LogP) is 3.76. The van der Waals surface area contributed by atoms with Gasteiger partial charge in [-0.25, -0.2) is 4.98 Å². The third-order valence-corrected chi connectivity index (χ3v) is 3.17. The van der Waals surface area contributed by atoms with Crippen LogP contribution in [0.1, 0.15) is 5.56 Å². The van der Waals surface area contributed by atoms with E-state index in [0.717, 1.165) is 9.92 Å². The molecule has 0 N–H and O–H groups in total. The van der Waals surface area contributed by atoms with Crippen molar-refractivity contribution in [2.24, 2.45) is 0 Å². The summed E-state index contributed by atoms with van der Waals surface area (Å²) in [5.74, 6) is 0. The molecule has 0 aliphatic carbocycles. The largest absolute Gasteiger partial charge is 0.250 e. The first-order valence-corrected chi connectivity index (χ1v) is 5.77. The molecule has 0 bridgehead atoms. The maximum absolute atomic E-state index is 8.75. The summed E-state index contributed by atoms with van der Waals surface area (Å²) in [6, 6.07) is 13.1. The van der Waals surface area contributed by atoms with Crippen LogP contribution in [0.5, 0.6) is 0 Å². The van der Waals surface area contributed by atoms with Crippen molar-refractivity contribution in [2.45, 2.75) is 9.92 Å². The highest BCUT2D eigenvalue weighted by molar-refractivity contribution is 7.99. The van der Waals surface area contributed by atoms with Gasteiger partial charge in [0.2, 0.25) is 0 Å². The molecule has 16 heavy (non-hydrogen) atoms. The molecule has 0 saturated heterocycles. The van der Waals surface area contributed by atoms with Crippen molar-refractivity contribution in [1.29, 1.82) is 5.26 Å². The molecule has 0 fully saturated rings. The van der Waals surface area contributed by atoms with Crippen LogP contribution in [0.2, 0.25) is 5.02 Å². The molecule has 0 unspecified atom stereocenters. The van der Waals surface area contributed by atoms with Crippen molar-refractivity contribution < 1.29 is 0 Å². The summed E-state index contributed by atoms with van der Waals surface area (Å²) in [6.45, 7) is 0. The summed E-state index contributed by atoms with van der Waals surface area (Å²) in [6.07, 6.45) is 1.74. The lowest BCUT2D eigenvalue weighted by molar-refractivity contribution is 1.13. The number of pyridine rings is 1. The first-order chi connectivity index (χ1) is 7.79. The molecule has 2 aromatic rings. The van der Waals surface area contributed by atoms with Crippen LogP contribution in [0, 0.1) is 11.3 Å². The Morgan fingerprint density at radius 3 is 2.75 bits per heavy atom. The van der Waals surface area contributed by atoms with Gasteiger partial charge in [0, 0.05) is 11.1 Å². The van der Waals surface area contributed by atoms with Gasteiger partial charge in [-0.3, -0.25) is 0 Å². The summed E-state index contributed by atoms with van der Waals surface area (Å²) >= 11 is 7.46. The van der Waals surface area contributed by atoms with Gasteiger partial charge < -0.3 is 0 Å². The summed E-state index contributed by atoms with van der Waals surface area (Å²) in [7, 11) is 0. The molecular weight excluding hydrogens is 240 g/mol. The molecule has 2 rings (SSSR count). The summed E-state index contributed by atoms with van der Waals surface area (Å²) in [5.41, 5.74) is 0.493. The van der Waals surface area contributed by atoms with Crippen LogP contribution in [0.3, 0.4) is 0 Å². The molecule has 1 heterocycles. The molecule has 0 amide bonds. The third kappa shape index (κ3) is 2.54. The molecule has 0 spiro atoms. The maximum atomic E-state index is 8.75. The number of nitriles is 1. The standard InChI is InChI=1S/C12H7ClN2S/c13-11-7-10(5-4-9(11)8-14)16-12-3-1-2-6-15-12/h1-7H. The fourth-order valence-corrected chi connectivity index (χ4v) is 2.28. The van der Waals surface area contributed by atoms with Gasteiger partial charge in [-0.05, 0) is 30.3 Å². The van der Waals surface area contributed by atoms with Crippen molar-refractivity contribution in [1.82, 2.24) is 4.98 Å². The van der Waals surface area contributed by atoms with Crippen molar-refractivity contribution in [3.8, 4) is 6.07 Å². The number of hydrogen-bond donors (Lipinski definition) is 0. The molecule has 0 aliphatic rings. The predicted molar refractivity (Wildman–Crippen MR) is 64.5 cm³/mol. The van der Waals surface area contributed by atoms with E-state index in [0.29, 0.717) is 10.6 Å². The molecule has 0 atom stereocenters. The summed E-state index contributed by atoms with van der Waals surface area (Å²) in [5, 5.41) is 10.1. The zero-order chi connectivity index (χ0) is 11.4. The fraction of sp³-hybridized carbons (Fsp3) is 0. The first kappa shape index (κ1) is 11.0. The number of halogens is 1. The lowest BCUT2D eigenvalue weighted by atomic mass is 10.2. The van der Waals surface area contributed by atoms with Crippen LogP contribution in [-0.4, -0.2) is 4.98 Å².